The molecule has 1 aromatic rings. The Morgan fingerprint density at radius 3 is 2.43 bits per heavy atom. The molecule has 1 amide bonds. The second-order valence-corrected chi connectivity index (χ2v) is 5.78. The Bertz CT molecular complexity index is 568. The number of anilines is 1. The van der Waals surface area contributed by atoms with Gasteiger partial charge in [0.2, 0.25) is 0 Å². The van der Waals surface area contributed by atoms with E-state index in [0.717, 1.165) is 11.3 Å². The quantitative estimate of drug-likeness (QED) is 0.664. The van der Waals surface area contributed by atoms with Crippen LogP contribution in [0.5, 0.6) is 0 Å². The molecule has 21 heavy (non-hydrogen) atoms. The summed E-state index contributed by atoms with van der Waals surface area (Å²) in [5.74, 6) is 0. The molecular formula is C14H21N3O4. The number of ether oxygens (including phenoxy) is 1. The van der Waals surface area contributed by atoms with Crippen LogP contribution in [0.4, 0.5) is 16.2 Å². The summed E-state index contributed by atoms with van der Waals surface area (Å²) in [6, 6.07) is 3.28. The Morgan fingerprint density at radius 1 is 1.43 bits per heavy atom. The van der Waals surface area contributed by atoms with Crippen molar-refractivity contribution in [2.75, 3.05) is 19.0 Å². The summed E-state index contributed by atoms with van der Waals surface area (Å²) in [4.78, 5) is 23.6. The average Bonchev–Trinajstić information content (AvgIpc) is 2.27. The number of primary amides is 1. The van der Waals surface area contributed by atoms with Gasteiger partial charge in [-0.1, -0.05) is 0 Å². The molecule has 0 aliphatic carbocycles. The van der Waals surface area contributed by atoms with Crippen LogP contribution in [0.3, 0.4) is 0 Å². The van der Waals surface area contributed by atoms with Crippen molar-refractivity contribution in [1.82, 2.24) is 0 Å². The van der Waals surface area contributed by atoms with E-state index in [1.165, 1.54) is 6.07 Å². The summed E-state index contributed by atoms with van der Waals surface area (Å²) in [5, 5.41) is 11.2. The van der Waals surface area contributed by atoms with Crippen molar-refractivity contribution in [1.29, 1.82) is 0 Å². The van der Waals surface area contributed by atoms with E-state index in [1.54, 1.807) is 19.9 Å². The number of amides is 1. The topological polar surface area (TPSA) is 98.7 Å². The molecule has 0 heterocycles. The lowest BCUT2D eigenvalue weighted by Crippen LogP contribution is -2.33. The minimum absolute atomic E-state index is 0.0132. The van der Waals surface area contributed by atoms with E-state index in [9.17, 15) is 14.9 Å². The zero-order chi connectivity index (χ0) is 16.4. The molecule has 0 atom stereocenters. The van der Waals surface area contributed by atoms with Crippen LogP contribution in [0.25, 0.3) is 0 Å². The summed E-state index contributed by atoms with van der Waals surface area (Å²) >= 11 is 0. The highest BCUT2D eigenvalue weighted by Crippen LogP contribution is 2.31. The second kappa shape index (κ2) is 5.99. The molecule has 116 valence electrons. The molecule has 0 aromatic heterocycles. The molecule has 7 heteroatoms. The van der Waals surface area contributed by atoms with Gasteiger partial charge < -0.3 is 15.4 Å². The fourth-order valence-electron chi connectivity index (χ4n) is 2.28. The van der Waals surface area contributed by atoms with Crippen molar-refractivity contribution in [3.05, 3.63) is 33.4 Å². The Kier molecular flexibility index (Phi) is 4.77. The minimum atomic E-state index is -0.921. The van der Waals surface area contributed by atoms with Crippen molar-refractivity contribution in [3.63, 3.8) is 0 Å². The predicted octanol–water partition coefficient (Wildman–Crippen LogP) is 2.39. The molecule has 1 rings (SSSR count). The molecule has 0 bridgehead atoms. The van der Waals surface area contributed by atoms with Crippen molar-refractivity contribution >= 4 is 17.5 Å². The molecule has 0 spiro atoms. The van der Waals surface area contributed by atoms with Crippen molar-refractivity contribution in [3.8, 4) is 0 Å². The highest BCUT2D eigenvalue weighted by atomic mass is 16.6. The Morgan fingerprint density at radius 2 is 2.00 bits per heavy atom. The smallest absolute Gasteiger partial charge is 0.405 e. The minimum Gasteiger partial charge on any atom is -0.443 e. The maximum atomic E-state index is 11.2. The van der Waals surface area contributed by atoms with Crippen molar-refractivity contribution in [2.24, 2.45) is 5.73 Å². The summed E-state index contributed by atoms with van der Waals surface area (Å²) in [7, 11) is 3.73. The first-order valence-electron chi connectivity index (χ1n) is 6.47. The summed E-state index contributed by atoms with van der Waals surface area (Å²) < 4.78 is 5.01. The van der Waals surface area contributed by atoms with Crippen molar-refractivity contribution in [2.45, 2.75) is 32.8 Å². The van der Waals surface area contributed by atoms with Crippen LogP contribution in [0.1, 0.15) is 25.0 Å². The highest BCUT2D eigenvalue weighted by Gasteiger charge is 2.27. The van der Waals surface area contributed by atoms with Gasteiger partial charge in [0.15, 0.2) is 0 Å². The van der Waals surface area contributed by atoms with Crippen molar-refractivity contribution < 1.29 is 14.5 Å². The molecule has 7 nitrogen and oxygen atoms in total. The molecule has 0 saturated carbocycles. The molecule has 0 aliphatic rings. The van der Waals surface area contributed by atoms with Crippen LogP contribution in [-0.4, -0.2) is 30.7 Å². The van der Waals surface area contributed by atoms with Gasteiger partial charge in [-0.2, -0.15) is 0 Å². The normalized spacial score (nSPS) is 11.1. The van der Waals surface area contributed by atoms with E-state index in [0.29, 0.717) is 5.56 Å². The predicted molar refractivity (Wildman–Crippen MR) is 80.6 cm³/mol. The van der Waals surface area contributed by atoms with Gasteiger partial charge in [0.25, 0.3) is 5.69 Å². The van der Waals surface area contributed by atoms with Gasteiger partial charge in [-0.15, -0.1) is 0 Å². The Hall–Kier alpha value is -2.31. The van der Waals surface area contributed by atoms with Crippen LogP contribution in [0.2, 0.25) is 0 Å². The molecule has 1 aromatic carbocycles. The zero-order valence-corrected chi connectivity index (χ0v) is 13.0. The number of benzene rings is 1. The Labute approximate surface area is 123 Å². The SMILES string of the molecule is Cc1cc([N+](=O)[O-])c(CC(C)(C)OC(N)=O)cc1N(C)C. The second-order valence-electron chi connectivity index (χ2n) is 5.78. The van der Waals surface area contributed by atoms with Crippen LogP contribution in [-0.2, 0) is 11.2 Å². The van der Waals surface area contributed by atoms with Gasteiger partial charge in [-0.3, -0.25) is 10.1 Å². The maximum absolute atomic E-state index is 11.2. The van der Waals surface area contributed by atoms with E-state index in [2.05, 4.69) is 0 Å². The lowest BCUT2D eigenvalue weighted by atomic mass is 9.95. The standard InChI is InChI=1S/C14H21N3O4/c1-9-6-12(17(19)20)10(7-11(9)16(4)5)8-14(2,3)21-13(15)18/h6-7H,8H2,1-5H3,(H2,15,18). The van der Waals surface area contributed by atoms with E-state index in [1.807, 2.05) is 25.9 Å². The highest BCUT2D eigenvalue weighted by molar-refractivity contribution is 5.65. The van der Waals surface area contributed by atoms with Gasteiger partial charge in [0.1, 0.15) is 5.60 Å². The van der Waals surface area contributed by atoms with Gasteiger partial charge in [-0.25, -0.2) is 4.79 Å². The van der Waals surface area contributed by atoms with E-state index < -0.39 is 16.6 Å². The third kappa shape index (κ3) is 4.34. The first-order chi connectivity index (χ1) is 9.53. The fourth-order valence-corrected chi connectivity index (χ4v) is 2.28. The Balaban J connectivity index is 3.29. The number of nitro benzene ring substituents is 1. The number of nitrogens with two attached hydrogens (primary N) is 1. The maximum Gasteiger partial charge on any atom is 0.405 e. The lowest BCUT2D eigenvalue weighted by Gasteiger charge is -2.25. The largest absolute Gasteiger partial charge is 0.443 e. The number of nitrogens with zero attached hydrogens (tertiary/aromatic N) is 2. The van der Waals surface area contributed by atoms with E-state index >= 15 is 0 Å². The number of aryl methyl sites for hydroxylation is 1. The van der Waals surface area contributed by atoms with E-state index in [4.69, 9.17) is 10.5 Å². The lowest BCUT2D eigenvalue weighted by molar-refractivity contribution is -0.385. The molecule has 2 N–H and O–H groups in total. The van der Waals surface area contributed by atoms with Crippen LogP contribution < -0.4 is 10.6 Å². The van der Waals surface area contributed by atoms with Crippen LogP contribution in [0, 0.1) is 17.0 Å². The molecule has 0 saturated heterocycles. The number of carbonyl (C=O) groups excluding carboxylic acids is 1. The number of hydrogen-bond acceptors (Lipinski definition) is 5. The summed E-state index contributed by atoms with van der Waals surface area (Å²) in [6.07, 6.45) is -0.699. The monoisotopic (exact) mass is 295 g/mol. The zero-order valence-electron chi connectivity index (χ0n) is 13.0. The van der Waals surface area contributed by atoms with Gasteiger partial charge in [0.05, 0.1) is 4.92 Å². The molecule has 0 aliphatic heterocycles. The van der Waals surface area contributed by atoms with Gasteiger partial charge in [-0.05, 0) is 32.4 Å². The van der Waals surface area contributed by atoms with E-state index in [-0.39, 0.29) is 12.1 Å². The summed E-state index contributed by atoms with van der Waals surface area (Å²) in [6.45, 7) is 5.14. The molecule has 0 unspecified atom stereocenters. The third-order valence-electron chi connectivity index (χ3n) is 3.07. The molecule has 0 fully saturated rings. The first kappa shape index (κ1) is 16.7. The molecule has 0 radical (unpaired) electrons. The number of carbonyl (C=O) groups is 1. The van der Waals surface area contributed by atoms with Gasteiger partial charge in [0, 0.05) is 37.8 Å². The number of hydrogen-bond donors (Lipinski definition) is 1. The average molecular weight is 295 g/mol. The number of rotatable bonds is 5. The first-order valence-corrected chi connectivity index (χ1v) is 6.47. The fraction of sp³-hybridized carbons (Fsp3) is 0.500. The van der Waals surface area contributed by atoms with Crippen LogP contribution >= 0.6 is 0 Å². The van der Waals surface area contributed by atoms with Crippen LogP contribution in [0.15, 0.2) is 12.1 Å². The number of nitro groups is 1. The molecular weight excluding hydrogens is 274 g/mol. The summed E-state index contributed by atoms with van der Waals surface area (Å²) in [5.41, 5.74) is 6.31. The third-order valence-corrected chi connectivity index (χ3v) is 3.07. The van der Waals surface area contributed by atoms with Gasteiger partial charge >= 0.3 is 6.09 Å².